The van der Waals surface area contributed by atoms with E-state index < -0.39 is 5.91 Å². The van der Waals surface area contributed by atoms with Crippen LogP contribution in [0.1, 0.15) is 29.6 Å². The van der Waals surface area contributed by atoms with E-state index in [1.54, 1.807) is 24.3 Å². The Balaban J connectivity index is 0.00000288. The summed E-state index contributed by atoms with van der Waals surface area (Å²) in [6.45, 7) is 1.75. The standard InChI is InChI=1S/C16H22N4O3.ClH/c17-14(21)7-9-19-16(23)12-5-1-2-6-13(12)20-15(22)11-4-3-8-18-10-11;/h1-2,5-6,11,18H,3-4,7-10H2,(H2,17,21)(H,19,23)(H,20,22);1H. The number of para-hydroxylation sites is 1. The molecule has 1 heterocycles. The molecule has 0 saturated carbocycles. The Morgan fingerprint density at radius 1 is 1.25 bits per heavy atom. The van der Waals surface area contributed by atoms with Crippen LogP contribution < -0.4 is 21.7 Å². The molecule has 7 nitrogen and oxygen atoms in total. The second-order valence-corrected chi connectivity index (χ2v) is 5.55. The third-order valence-electron chi connectivity index (χ3n) is 3.75. The van der Waals surface area contributed by atoms with Crippen LogP contribution in [0.15, 0.2) is 24.3 Å². The van der Waals surface area contributed by atoms with E-state index >= 15 is 0 Å². The number of rotatable bonds is 6. The Labute approximate surface area is 147 Å². The molecule has 0 bridgehead atoms. The Hall–Kier alpha value is -2.12. The highest BCUT2D eigenvalue weighted by atomic mass is 35.5. The third-order valence-corrected chi connectivity index (χ3v) is 3.75. The van der Waals surface area contributed by atoms with E-state index in [0.29, 0.717) is 17.8 Å². The summed E-state index contributed by atoms with van der Waals surface area (Å²) in [7, 11) is 0. The molecule has 0 aromatic heterocycles. The Morgan fingerprint density at radius 3 is 2.67 bits per heavy atom. The van der Waals surface area contributed by atoms with Gasteiger partial charge in [-0.3, -0.25) is 14.4 Å². The zero-order chi connectivity index (χ0) is 16.7. The maximum absolute atomic E-state index is 12.3. The molecular weight excluding hydrogens is 332 g/mol. The molecule has 0 aliphatic carbocycles. The van der Waals surface area contributed by atoms with Gasteiger partial charge in [-0.2, -0.15) is 0 Å². The lowest BCUT2D eigenvalue weighted by Crippen LogP contribution is -2.37. The number of nitrogens with one attached hydrogen (secondary N) is 3. The van der Waals surface area contributed by atoms with E-state index in [1.807, 2.05) is 0 Å². The monoisotopic (exact) mass is 354 g/mol. The van der Waals surface area contributed by atoms with Crippen molar-refractivity contribution in [3.8, 4) is 0 Å². The molecule has 1 fully saturated rings. The first-order valence-corrected chi connectivity index (χ1v) is 7.75. The molecule has 1 aliphatic rings. The van der Waals surface area contributed by atoms with Gasteiger partial charge in [0.1, 0.15) is 0 Å². The predicted molar refractivity (Wildman–Crippen MR) is 94.1 cm³/mol. The van der Waals surface area contributed by atoms with Gasteiger partial charge in [0.2, 0.25) is 11.8 Å². The molecule has 0 radical (unpaired) electrons. The van der Waals surface area contributed by atoms with E-state index in [2.05, 4.69) is 16.0 Å². The van der Waals surface area contributed by atoms with Gasteiger partial charge < -0.3 is 21.7 Å². The largest absolute Gasteiger partial charge is 0.370 e. The summed E-state index contributed by atoms with van der Waals surface area (Å²) < 4.78 is 0. The molecule has 2 rings (SSSR count). The first kappa shape index (κ1) is 19.9. The minimum absolute atomic E-state index is 0. The molecule has 0 spiro atoms. The average Bonchev–Trinajstić information content (AvgIpc) is 2.55. The van der Waals surface area contributed by atoms with Crippen LogP contribution in [0.25, 0.3) is 0 Å². The molecule has 1 unspecified atom stereocenters. The van der Waals surface area contributed by atoms with Crippen molar-refractivity contribution in [2.24, 2.45) is 11.7 Å². The number of anilines is 1. The summed E-state index contributed by atoms with van der Waals surface area (Å²) in [5.74, 6) is -0.995. The SMILES string of the molecule is Cl.NC(=O)CCNC(=O)c1ccccc1NC(=O)C1CCCNC1. The molecule has 1 atom stereocenters. The van der Waals surface area contributed by atoms with E-state index in [0.717, 1.165) is 19.4 Å². The third kappa shape index (κ3) is 5.82. The fourth-order valence-electron chi connectivity index (χ4n) is 2.49. The first-order chi connectivity index (χ1) is 11.1. The fourth-order valence-corrected chi connectivity index (χ4v) is 2.49. The van der Waals surface area contributed by atoms with Gasteiger partial charge in [0.15, 0.2) is 0 Å². The zero-order valence-electron chi connectivity index (χ0n) is 13.3. The number of halogens is 1. The smallest absolute Gasteiger partial charge is 0.253 e. The van der Waals surface area contributed by atoms with E-state index in [-0.39, 0.29) is 43.1 Å². The number of hydrogen-bond donors (Lipinski definition) is 4. The van der Waals surface area contributed by atoms with Crippen LogP contribution in [0.4, 0.5) is 5.69 Å². The van der Waals surface area contributed by atoms with Gasteiger partial charge in [-0.1, -0.05) is 12.1 Å². The summed E-state index contributed by atoms with van der Waals surface area (Å²) in [6, 6.07) is 6.81. The molecule has 5 N–H and O–H groups in total. The van der Waals surface area contributed by atoms with Crippen LogP contribution in [0, 0.1) is 5.92 Å². The highest BCUT2D eigenvalue weighted by Crippen LogP contribution is 2.18. The van der Waals surface area contributed by atoms with Crippen molar-refractivity contribution < 1.29 is 14.4 Å². The molecular formula is C16H23ClN4O3. The number of benzene rings is 1. The highest BCUT2D eigenvalue weighted by molar-refractivity contribution is 6.04. The lowest BCUT2D eigenvalue weighted by Gasteiger charge is -2.22. The maximum Gasteiger partial charge on any atom is 0.253 e. The Morgan fingerprint density at radius 2 is 2.00 bits per heavy atom. The Bertz CT molecular complexity index is 588. The topological polar surface area (TPSA) is 113 Å². The van der Waals surface area contributed by atoms with Gasteiger partial charge in [-0.05, 0) is 31.5 Å². The summed E-state index contributed by atoms with van der Waals surface area (Å²) in [5, 5.41) is 8.64. The lowest BCUT2D eigenvalue weighted by molar-refractivity contribution is -0.120. The molecule has 1 aliphatic heterocycles. The molecule has 3 amide bonds. The lowest BCUT2D eigenvalue weighted by atomic mass is 9.98. The van der Waals surface area contributed by atoms with Gasteiger partial charge in [0, 0.05) is 19.5 Å². The predicted octanol–water partition coefficient (Wildman–Crippen LogP) is 0.652. The molecule has 8 heteroatoms. The second-order valence-electron chi connectivity index (χ2n) is 5.55. The van der Waals surface area contributed by atoms with Crippen LogP contribution in [0.2, 0.25) is 0 Å². The quantitative estimate of drug-likeness (QED) is 0.600. The van der Waals surface area contributed by atoms with Crippen LogP contribution in [0.5, 0.6) is 0 Å². The number of hydrogen-bond acceptors (Lipinski definition) is 4. The first-order valence-electron chi connectivity index (χ1n) is 7.75. The number of nitrogens with two attached hydrogens (primary N) is 1. The fraction of sp³-hybridized carbons (Fsp3) is 0.438. The van der Waals surface area contributed by atoms with Crippen molar-refractivity contribution in [1.82, 2.24) is 10.6 Å². The van der Waals surface area contributed by atoms with Crippen LogP contribution >= 0.6 is 12.4 Å². The minimum atomic E-state index is -0.475. The van der Waals surface area contributed by atoms with Gasteiger partial charge >= 0.3 is 0 Å². The summed E-state index contributed by atoms with van der Waals surface area (Å²) >= 11 is 0. The number of carbonyl (C=O) groups is 3. The van der Waals surface area contributed by atoms with Crippen molar-refractivity contribution in [1.29, 1.82) is 0 Å². The van der Waals surface area contributed by atoms with Crippen molar-refractivity contribution in [3.05, 3.63) is 29.8 Å². The number of carbonyl (C=O) groups excluding carboxylic acids is 3. The molecule has 24 heavy (non-hydrogen) atoms. The minimum Gasteiger partial charge on any atom is -0.370 e. The van der Waals surface area contributed by atoms with Crippen molar-refractivity contribution in [2.75, 3.05) is 25.0 Å². The summed E-state index contributed by atoms with van der Waals surface area (Å²) in [4.78, 5) is 35.2. The van der Waals surface area contributed by atoms with Gasteiger partial charge in [-0.25, -0.2) is 0 Å². The van der Waals surface area contributed by atoms with Crippen molar-refractivity contribution >= 4 is 35.8 Å². The van der Waals surface area contributed by atoms with E-state index in [1.165, 1.54) is 0 Å². The second kappa shape index (κ2) is 9.89. The number of primary amides is 1. The van der Waals surface area contributed by atoms with Crippen molar-refractivity contribution in [3.63, 3.8) is 0 Å². The number of amides is 3. The van der Waals surface area contributed by atoms with Gasteiger partial charge in [0.25, 0.3) is 5.91 Å². The van der Waals surface area contributed by atoms with E-state index in [9.17, 15) is 14.4 Å². The number of piperidine rings is 1. The molecule has 1 aromatic carbocycles. The zero-order valence-corrected chi connectivity index (χ0v) is 14.2. The van der Waals surface area contributed by atoms with Crippen LogP contribution in [-0.2, 0) is 9.59 Å². The normalized spacial score (nSPS) is 16.6. The van der Waals surface area contributed by atoms with Crippen molar-refractivity contribution in [2.45, 2.75) is 19.3 Å². The van der Waals surface area contributed by atoms with Gasteiger partial charge in [0.05, 0.1) is 17.2 Å². The maximum atomic E-state index is 12.3. The van der Waals surface area contributed by atoms with Crippen LogP contribution in [-0.4, -0.2) is 37.4 Å². The van der Waals surface area contributed by atoms with Gasteiger partial charge in [-0.15, -0.1) is 12.4 Å². The molecule has 132 valence electrons. The average molecular weight is 355 g/mol. The summed E-state index contributed by atoms with van der Waals surface area (Å²) in [5.41, 5.74) is 5.88. The Kier molecular flexibility index (Phi) is 8.21. The van der Waals surface area contributed by atoms with Crippen LogP contribution in [0.3, 0.4) is 0 Å². The molecule has 1 saturated heterocycles. The van der Waals surface area contributed by atoms with E-state index in [4.69, 9.17) is 5.73 Å². The highest BCUT2D eigenvalue weighted by Gasteiger charge is 2.22. The molecule has 1 aromatic rings. The summed E-state index contributed by atoms with van der Waals surface area (Å²) in [6.07, 6.45) is 1.88.